The van der Waals surface area contributed by atoms with Gasteiger partial charge in [0, 0.05) is 5.69 Å². The van der Waals surface area contributed by atoms with Gasteiger partial charge in [-0.25, -0.2) is 9.98 Å². The molecule has 25 heavy (non-hydrogen) atoms. The first-order valence-corrected chi connectivity index (χ1v) is 10.4. The minimum absolute atomic E-state index is 0.288. The van der Waals surface area contributed by atoms with E-state index in [2.05, 4.69) is 40.0 Å². The molecule has 1 aliphatic heterocycles. The van der Waals surface area contributed by atoms with Gasteiger partial charge in [-0.3, -0.25) is 4.90 Å². The van der Waals surface area contributed by atoms with Crippen LogP contribution in [0.15, 0.2) is 32.5 Å². The molecule has 2 heterocycles. The normalized spacial score (nSPS) is 20.0. The molecule has 0 radical (unpaired) electrons. The van der Waals surface area contributed by atoms with Gasteiger partial charge in [-0.2, -0.15) is 4.99 Å². The Balaban J connectivity index is 1.77. The second kappa shape index (κ2) is 6.49. The van der Waals surface area contributed by atoms with Crippen molar-refractivity contribution in [1.29, 1.82) is 0 Å². The lowest BCUT2D eigenvalue weighted by molar-refractivity contribution is 0.305. The number of anilines is 1. The number of nitrogens with zero attached hydrogens (tertiary/aromatic N) is 4. The zero-order chi connectivity index (χ0) is 17.4. The number of thioether (sulfide) groups is 1. The molecule has 2 aromatic rings. The minimum atomic E-state index is -0.395. The first-order chi connectivity index (χ1) is 12.1. The summed E-state index contributed by atoms with van der Waals surface area (Å²) in [6, 6.07) is 6.28. The Labute approximate surface area is 155 Å². The smallest absolute Gasteiger partial charge is 0.220 e. The number of guanidine groups is 2. The van der Waals surface area contributed by atoms with Crippen molar-refractivity contribution in [2.75, 3.05) is 10.7 Å². The highest BCUT2D eigenvalue weighted by atomic mass is 32.2. The van der Waals surface area contributed by atoms with E-state index in [9.17, 15) is 0 Å². The van der Waals surface area contributed by atoms with E-state index in [0.29, 0.717) is 5.96 Å². The van der Waals surface area contributed by atoms with Gasteiger partial charge < -0.3 is 11.5 Å². The lowest BCUT2D eigenvalue weighted by atomic mass is 9.87. The second-order valence-corrected chi connectivity index (χ2v) is 8.93. The van der Waals surface area contributed by atoms with E-state index in [1.807, 2.05) is 0 Å². The number of benzene rings is 1. The highest BCUT2D eigenvalue weighted by molar-refractivity contribution is 8.01. The Hall–Kier alpha value is -1.80. The predicted octanol–water partition coefficient (Wildman–Crippen LogP) is 3.52. The first-order valence-electron chi connectivity index (χ1n) is 8.64. The van der Waals surface area contributed by atoms with Crippen LogP contribution < -0.4 is 16.4 Å². The van der Waals surface area contributed by atoms with Gasteiger partial charge in [-0.05, 0) is 49.6 Å². The van der Waals surface area contributed by atoms with Crippen molar-refractivity contribution in [1.82, 2.24) is 4.98 Å². The zero-order valence-corrected chi connectivity index (χ0v) is 15.9. The Kier molecular flexibility index (Phi) is 4.33. The van der Waals surface area contributed by atoms with Crippen LogP contribution in [-0.4, -0.2) is 28.3 Å². The molecule has 0 unspecified atom stereocenters. The summed E-state index contributed by atoms with van der Waals surface area (Å²) >= 11 is 3.49. The largest absolute Gasteiger partial charge is 0.369 e. The van der Waals surface area contributed by atoms with Crippen LogP contribution in [0, 0.1) is 0 Å². The Morgan fingerprint density at radius 1 is 1.24 bits per heavy atom. The van der Waals surface area contributed by atoms with Gasteiger partial charge in [-0.15, -0.1) is 11.3 Å². The molecule has 6 nitrogen and oxygen atoms in total. The number of fused-ring (bicyclic) bond motifs is 1. The van der Waals surface area contributed by atoms with Crippen LogP contribution in [0.1, 0.15) is 39.0 Å². The van der Waals surface area contributed by atoms with Crippen molar-refractivity contribution in [3.05, 3.63) is 18.2 Å². The standard InChI is InChI=1S/C17H22N6S2/c1-2-24-16-20-12-7-6-11(10-13(12)25-16)23-15(19)21-14(18)22-17(23)8-4-3-5-9-17/h6-7,10H,2-5,8-9H2,1H3,(H4,18,19,21,22). The average molecular weight is 375 g/mol. The molecule has 1 saturated carbocycles. The molecule has 2 aliphatic rings. The third-order valence-electron chi connectivity index (χ3n) is 4.73. The lowest BCUT2D eigenvalue weighted by Gasteiger charge is -2.45. The summed E-state index contributed by atoms with van der Waals surface area (Å²) in [4.78, 5) is 15.7. The van der Waals surface area contributed by atoms with E-state index in [-0.39, 0.29) is 5.96 Å². The third-order valence-corrected chi connectivity index (χ3v) is 6.77. The summed E-state index contributed by atoms with van der Waals surface area (Å²) in [7, 11) is 0. The van der Waals surface area contributed by atoms with Gasteiger partial charge in [0.1, 0.15) is 5.66 Å². The second-order valence-electron chi connectivity index (χ2n) is 6.38. The average Bonchev–Trinajstić information content (AvgIpc) is 2.97. The van der Waals surface area contributed by atoms with E-state index in [1.165, 1.54) is 6.42 Å². The highest BCUT2D eigenvalue weighted by Gasteiger charge is 2.42. The number of nitrogens with two attached hydrogens (primary N) is 2. The van der Waals surface area contributed by atoms with Crippen LogP contribution in [0.4, 0.5) is 5.69 Å². The van der Waals surface area contributed by atoms with Gasteiger partial charge in [0.15, 0.2) is 4.34 Å². The summed E-state index contributed by atoms with van der Waals surface area (Å²) in [5.41, 5.74) is 13.9. The molecule has 0 amide bonds. The summed E-state index contributed by atoms with van der Waals surface area (Å²) in [6.07, 6.45) is 5.37. The number of aromatic nitrogens is 1. The summed E-state index contributed by atoms with van der Waals surface area (Å²) in [5.74, 6) is 1.74. The molecule has 1 aromatic carbocycles. The Morgan fingerprint density at radius 2 is 2.04 bits per heavy atom. The van der Waals surface area contributed by atoms with Crippen LogP contribution in [0.5, 0.6) is 0 Å². The van der Waals surface area contributed by atoms with Crippen molar-refractivity contribution in [3.63, 3.8) is 0 Å². The lowest BCUT2D eigenvalue weighted by Crippen LogP contribution is -2.58. The Bertz CT molecular complexity index is 850. The molecule has 1 spiro atoms. The molecule has 132 valence electrons. The van der Waals surface area contributed by atoms with E-state index in [1.54, 1.807) is 23.1 Å². The number of hydrogen-bond donors (Lipinski definition) is 2. The molecule has 1 fully saturated rings. The van der Waals surface area contributed by atoms with Crippen LogP contribution in [-0.2, 0) is 0 Å². The highest BCUT2D eigenvalue weighted by Crippen LogP contribution is 2.41. The van der Waals surface area contributed by atoms with Crippen molar-refractivity contribution in [3.8, 4) is 0 Å². The SMILES string of the molecule is CCSc1nc2ccc(N3C(N)=NC(N)=NC34CCCCC4)cc2s1. The maximum atomic E-state index is 6.30. The molecular weight excluding hydrogens is 352 g/mol. The number of hydrogen-bond acceptors (Lipinski definition) is 8. The Morgan fingerprint density at radius 3 is 2.80 bits per heavy atom. The summed E-state index contributed by atoms with van der Waals surface area (Å²) in [5, 5.41) is 0. The maximum absolute atomic E-state index is 6.30. The quantitative estimate of drug-likeness (QED) is 0.802. The molecule has 4 N–H and O–H groups in total. The van der Waals surface area contributed by atoms with Gasteiger partial charge in [-0.1, -0.05) is 25.1 Å². The predicted molar refractivity (Wildman–Crippen MR) is 108 cm³/mol. The number of aliphatic imine (C=N–C) groups is 2. The number of rotatable bonds is 3. The summed E-state index contributed by atoms with van der Waals surface area (Å²) < 4.78 is 2.26. The molecule has 1 aliphatic carbocycles. The molecule has 0 saturated heterocycles. The fourth-order valence-corrected chi connectivity index (χ4v) is 5.71. The van der Waals surface area contributed by atoms with Gasteiger partial charge in [0.2, 0.25) is 11.9 Å². The fourth-order valence-electron chi connectivity index (χ4n) is 3.71. The zero-order valence-electron chi connectivity index (χ0n) is 14.2. The van der Waals surface area contributed by atoms with Crippen LogP contribution in [0.25, 0.3) is 10.2 Å². The fraction of sp³-hybridized carbons (Fsp3) is 0.471. The van der Waals surface area contributed by atoms with Crippen molar-refractivity contribution in [2.45, 2.75) is 49.0 Å². The topological polar surface area (TPSA) is 92.9 Å². The molecule has 0 atom stereocenters. The molecule has 1 aromatic heterocycles. The third kappa shape index (κ3) is 2.97. The molecule has 8 heteroatoms. The monoisotopic (exact) mass is 374 g/mol. The first kappa shape index (κ1) is 16.7. The minimum Gasteiger partial charge on any atom is -0.369 e. The molecule has 4 rings (SSSR count). The van der Waals surface area contributed by atoms with Crippen molar-refractivity contribution in [2.24, 2.45) is 21.5 Å². The van der Waals surface area contributed by atoms with Gasteiger partial charge in [0.05, 0.1) is 10.2 Å². The van der Waals surface area contributed by atoms with E-state index < -0.39 is 5.66 Å². The molecular formula is C17H22N6S2. The molecule has 0 bridgehead atoms. The van der Waals surface area contributed by atoms with Crippen LogP contribution >= 0.6 is 23.1 Å². The van der Waals surface area contributed by atoms with Gasteiger partial charge >= 0.3 is 0 Å². The van der Waals surface area contributed by atoms with Gasteiger partial charge in [0.25, 0.3) is 0 Å². The van der Waals surface area contributed by atoms with E-state index in [0.717, 1.165) is 51.7 Å². The summed E-state index contributed by atoms with van der Waals surface area (Å²) in [6.45, 7) is 2.14. The van der Waals surface area contributed by atoms with Crippen molar-refractivity contribution >= 4 is 50.9 Å². The van der Waals surface area contributed by atoms with E-state index in [4.69, 9.17) is 16.5 Å². The van der Waals surface area contributed by atoms with Crippen LogP contribution in [0.3, 0.4) is 0 Å². The van der Waals surface area contributed by atoms with Crippen molar-refractivity contribution < 1.29 is 0 Å². The van der Waals surface area contributed by atoms with Crippen LogP contribution in [0.2, 0.25) is 0 Å². The van der Waals surface area contributed by atoms with E-state index >= 15 is 0 Å². The maximum Gasteiger partial charge on any atom is 0.220 e. The number of thiazole rings is 1.